The van der Waals surface area contributed by atoms with Crippen LogP contribution in [0.5, 0.6) is 0 Å². The molecular formula is C10H13BO3. The van der Waals surface area contributed by atoms with E-state index >= 15 is 0 Å². The van der Waals surface area contributed by atoms with Crippen molar-refractivity contribution < 1.29 is 14.8 Å². The number of rotatable bonds is 5. The Balaban J connectivity index is 2.59. The molecule has 1 aromatic carbocycles. The first-order chi connectivity index (χ1) is 6.74. The molecule has 0 aliphatic heterocycles. The maximum absolute atomic E-state index is 8.92. The van der Waals surface area contributed by atoms with Crippen LogP contribution in [-0.4, -0.2) is 23.8 Å². The highest BCUT2D eigenvalue weighted by Gasteiger charge is 2.10. The zero-order chi connectivity index (χ0) is 10.4. The smallest absolute Gasteiger partial charge is 0.423 e. The molecule has 1 rings (SSSR count). The summed E-state index contributed by atoms with van der Waals surface area (Å²) in [5.41, 5.74) is 1.39. The molecule has 0 heterocycles. The molecule has 0 amide bonds. The van der Waals surface area contributed by atoms with Crippen molar-refractivity contribution >= 4 is 12.6 Å². The highest BCUT2D eigenvalue weighted by Crippen LogP contribution is 1.99. The quantitative estimate of drug-likeness (QED) is 0.394. The lowest BCUT2D eigenvalue weighted by atomic mass is 9.80. The monoisotopic (exact) mass is 192 g/mol. The molecular weight excluding hydrogens is 179 g/mol. The fourth-order valence-corrected chi connectivity index (χ4v) is 1.10. The molecule has 0 fully saturated rings. The normalized spacial score (nSPS) is 9.86. The molecule has 0 spiro atoms. The van der Waals surface area contributed by atoms with Gasteiger partial charge in [-0.15, -0.1) is 6.58 Å². The second-order valence-corrected chi connectivity index (χ2v) is 2.92. The Bertz CT molecular complexity index is 299. The van der Waals surface area contributed by atoms with Crippen LogP contribution in [0.2, 0.25) is 0 Å². The Morgan fingerprint density at radius 1 is 1.43 bits per heavy atom. The van der Waals surface area contributed by atoms with Gasteiger partial charge in [0.15, 0.2) is 0 Å². The summed E-state index contributed by atoms with van der Waals surface area (Å²) in [6.45, 7) is 4.48. The molecule has 0 bridgehead atoms. The van der Waals surface area contributed by atoms with Crippen molar-refractivity contribution in [3.05, 3.63) is 42.5 Å². The Hall–Kier alpha value is -1.10. The third-order valence-electron chi connectivity index (χ3n) is 1.75. The van der Waals surface area contributed by atoms with E-state index in [0.29, 0.717) is 18.7 Å². The molecule has 14 heavy (non-hydrogen) atoms. The van der Waals surface area contributed by atoms with E-state index in [1.807, 2.05) is 6.07 Å². The Morgan fingerprint density at radius 3 is 2.86 bits per heavy atom. The fraction of sp³-hybridized carbons (Fsp3) is 0.200. The number of benzene rings is 1. The van der Waals surface area contributed by atoms with E-state index in [1.54, 1.807) is 24.3 Å². The number of hydrogen-bond donors (Lipinski definition) is 2. The third-order valence-corrected chi connectivity index (χ3v) is 1.75. The van der Waals surface area contributed by atoms with Crippen LogP contribution in [0, 0.1) is 0 Å². The van der Waals surface area contributed by atoms with Gasteiger partial charge in [0, 0.05) is 0 Å². The number of hydrogen-bond acceptors (Lipinski definition) is 3. The van der Waals surface area contributed by atoms with E-state index in [0.717, 1.165) is 5.56 Å². The minimum atomic E-state index is -1.42. The first-order valence-electron chi connectivity index (χ1n) is 4.37. The molecule has 4 heteroatoms. The van der Waals surface area contributed by atoms with Crippen LogP contribution < -0.4 is 5.46 Å². The molecule has 2 N–H and O–H groups in total. The molecule has 0 atom stereocenters. The summed E-state index contributed by atoms with van der Waals surface area (Å²) in [5.74, 6) is 0. The molecule has 0 aliphatic rings. The Kier molecular flexibility index (Phi) is 4.39. The third kappa shape index (κ3) is 3.34. The standard InChI is InChI=1S/C10H13BO3/c1-2-6-14-8-9-4-3-5-10(7-9)11(12)13/h2-5,7,12-13H,1,6,8H2. The average molecular weight is 192 g/mol. The van der Waals surface area contributed by atoms with Crippen LogP contribution in [0.4, 0.5) is 0 Å². The van der Waals surface area contributed by atoms with Crippen molar-refractivity contribution in [3.63, 3.8) is 0 Å². The van der Waals surface area contributed by atoms with Crippen molar-refractivity contribution in [2.24, 2.45) is 0 Å². The van der Waals surface area contributed by atoms with Crippen LogP contribution >= 0.6 is 0 Å². The maximum atomic E-state index is 8.92. The van der Waals surface area contributed by atoms with Crippen LogP contribution in [0.15, 0.2) is 36.9 Å². The lowest BCUT2D eigenvalue weighted by Gasteiger charge is -2.04. The van der Waals surface area contributed by atoms with E-state index in [9.17, 15) is 0 Å². The average Bonchev–Trinajstić information content (AvgIpc) is 2.19. The fourth-order valence-electron chi connectivity index (χ4n) is 1.10. The Morgan fingerprint density at radius 2 is 2.21 bits per heavy atom. The predicted molar refractivity (Wildman–Crippen MR) is 56.1 cm³/mol. The van der Waals surface area contributed by atoms with Crippen molar-refractivity contribution in [2.75, 3.05) is 6.61 Å². The highest BCUT2D eigenvalue weighted by atomic mass is 16.5. The summed E-state index contributed by atoms with van der Waals surface area (Å²) in [6.07, 6.45) is 1.67. The van der Waals surface area contributed by atoms with E-state index in [2.05, 4.69) is 6.58 Å². The van der Waals surface area contributed by atoms with Crippen molar-refractivity contribution in [1.29, 1.82) is 0 Å². The second-order valence-electron chi connectivity index (χ2n) is 2.92. The van der Waals surface area contributed by atoms with Crippen LogP contribution in [-0.2, 0) is 11.3 Å². The van der Waals surface area contributed by atoms with Crippen LogP contribution in [0.1, 0.15) is 5.56 Å². The van der Waals surface area contributed by atoms with Gasteiger partial charge in [-0.25, -0.2) is 0 Å². The molecule has 1 aromatic rings. The zero-order valence-corrected chi connectivity index (χ0v) is 7.89. The lowest BCUT2D eigenvalue weighted by molar-refractivity contribution is 0.149. The van der Waals surface area contributed by atoms with Gasteiger partial charge in [0.25, 0.3) is 0 Å². The lowest BCUT2D eigenvalue weighted by Crippen LogP contribution is -2.29. The minimum absolute atomic E-state index is 0.451. The van der Waals surface area contributed by atoms with E-state index in [1.165, 1.54) is 0 Å². The summed E-state index contributed by atoms with van der Waals surface area (Å²) in [7, 11) is -1.42. The van der Waals surface area contributed by atoms with Crippen LogP contribution in [0.3, 0.4) is 0 Å². The molecule has 0 saturated carbocycles. The van der Waals surface area contributed by atoms with Gasteiger partial charge in [-0.05, 0) is 11.0 Å². The molecule has 0 aromatic heterocycles. The summed E-state index contributed by atoms with van der Waals surface area (Å²) in [4.78, 5) is 0. The van der Waals surface area contributed by atoms with Gasteiger partial charge in [0.05, 0.1) is 13.2 Å². The van der Waals surface area contributed by atoms with Crippen molar-refractivity contribution in [3.8, 4) is 0 Å². The zero-order valence-electron chi connectivity index (χ0n) is 7.89. The maximum Gasteiger partial charge on any atom is 0.488 e. The van der Waals surface area contributed by atoms with E-state index < -0.39 is 7.12 Å². The van der Waals surface area contributed by atoms with E-state index in [-0.39, 0.29) is 0 Å². The molecule has 0 radical (unpaired) electrons. The molecule has 3 nitrogen and oxygen atoms in total. The van der Waals surface area contributed by atoms with E-state index in [4.69, 9.17) is 14.8 Å². The van der Waals surface area contributed by atoms with Gasteiger partial charge in [0.1, 0.15) is 0 Å². The molecule has 0 saturated heterocycles. The highest BCUT2D eigenvalue weighted by molar-refractivity contribution is 6.58. The second kappa shape index (κ2) is 5.60. The predicted octanol–water partition coefficient (Wildman–Crippen LogP) is 0.0690. The SMILES string of the molecule is C=CCOCc1cccc(B(O)O)c1. The van der Waals surface area contributed by atoms with Gasteiger partial charge in [-0.1, -0.05) is 30.3 Å². The summed E-state index contributed by atoms with van der Waals surface area (Å²) in [6, 6.07) is 6.99. The minimum Gasteiger partial charge on any atom is -0.423 e. The topological polar surface area (TPSA) is 49.7 Å². The molecule has 0 aliphatic carbocycles. The molecule has 74 valence electrons. The summed E-state index contributed by atoms with van der Waals surface area (Å²) >= 11 is 0. The first kappa shape index (κ1) is 11.0. The van der Waals surface area contributed by atoms with Gasteiger partial charge in [-0.2, -0.15) is 0 Å². The van der Waals surface area contributed by atoms with Crippen molar-refractivity contribution in [1.82, 2.24) is 0 Å². The molecule has 0 unspecified atom stereocenters. The van der Waals surface area contributed by atoms with Gasteiger partial charge >= 0.3 is 7.12 Å². The van der Waals surface area contributed by atoms with Gasteiger partial charge < -0.3 is 14.8 Å². The van der Waals surface area contributed by atoms with Crippen molar-refractivity contribution in [2.45, 2.75) is 6.61 Å². The van der Waals surface area contributed by atoms with Crippen LogP contribution in [0.25, 0.3) is 0 Å². The van der Waals surface area contributed by atoms with Gasteiger partial charge in [-0.3, -0.25) is 0 Å². The summed E-state index contributed by atoms with van der Waals surface area (Å²) in [5, 5.41) is 17.8. The largest absolute Gasteiger partial charge is 0.488 e. The number of ether oxygens (including phenoxy) is 1. The Labute approximate surface area is 83.8 Å². The first-order valence-corrected chi connectivity index (χ1v) is 4.37. The van der Waals surface area contributed by atoms with Gasteiger partial charge in [0.2, 0.25) is 0 Å². The summed E-state index contributed by atoms with van der Waals surface area (Å²) < 4.78 is 5.22.